The largest absolute Gasteiger partial charge is 0.384 e. The fourth-order valence-corrected chi connectivity index (χ4v) is 3.14. The Morgan fingerprint density at radius 3 is 2.83 bits per heavy atom. The summed E-state index contributed by atoms with van der Waals surface area (Å²) in [5, 5.41) is 7.50. The summed E-state index contributed by atoms with van der Waals surface area (Å²) in [6.45, 7) is 3.41. The summed E-state index contributed by atoms with van der Waals surface area (Å²) in [5.74, 6) is 0.109. The molecule has 0 amide bonds. The van der Waals surface area contributed by atoms with E-state index in [2.05, 4.69) is 39.9 Å². The van der Waals surface area contributed by atoms with Crippen LogP contribution in [0.2, 0.25) is 0 Å². The predicted octanol–water partition coefficient (Wildman–Crippen LogP) is 3.50. The molecule has 1 unspecified atom stereocenters. The van der Waals surface area contributed by atoms with E-state index in [0.717, 1.165) is 16.6 Å². The topological polar surface area (TPSA) is 53.1 Å². The molecule has 1 aromatic rings. The second-order valence-electron chi connectivity index (χ2n) is 4.97. The van der Waals surface area contributed by atoms with Crippen molar-refractivity contribution >= 4 is 27.5 Å². The van der Waals surface area contributed by atoms with Crippen molar-refractivity contribution in [1.29, 1.82) is 5.41 Å². The number of rotatable bonds is 2. The van der Waals surface area contributed by atoms with Crippen LogP contribution in [0.5, 0.6) is 0 Å². The summed E-state index contributed by atoms with van der Waals surface area (Å²) < 4.78 is 0.906. The minimum absolute atomic E-state index is 0.109. The van der Waals surface area contributed by atoms with Crippen LogP contribution in [0, 0.1) is 5.41 Å². The van der Waals surface area contributed by atoms with Gasteiger partial charge in [-0.25, -0.2) is 0 Å². The number of halogens is 1. The van der Waals surface area contributed by atoms with Crippen molar-refractivity contribution in [2.24, 2.45) is 5.73 Å². The van der Waals surface area contributed by atoms with Crippen molar-refractivity contribution in [3.63, 3.8) is 0 Å². The molecule has 0 saturated carbocycles. The summed E-state index contributed by atoms with van der Waals surface area (Å²) >= 11 is 3.51. The van der Waals surface area contributed by atoms with Gasteiger partial charge in [0.05, 0.1) is 0 Å². The average Bonchev–Trinajstić information content (AvgIpc) is 2.53. The van der Waals surface area contributed by atoms with Gasteiger partial charge in [0.15, 0.2) is 0 Å². The molecule has 0 radical (unpaired) electrons. The van der Waals surface area contributed by atoms with Gasteiger partial charge in [-0.3, -0.25) is 5.41 Å². The molecule has 1 saturated heterocycles. The van der Waals surface area contributed by atoms with Gasteiger partial charge in [-0.05, 0) is 53.9 Å². The lowest BCUT2D eigenvalue weighted by Crippen LogP contribution is -2.32. The number of hydrogen-bond acceptors (Lipinski definition) is 2. The number of nitrogens with one attached hydrogen (secondary N) is 1. The van der Waals surface area contributed by atoms with Crippen molar-refractivity contribution in [3.05, 3.63) is 28.2 Å². The van der Waals surface area contributed by atoms with Crippen molar-refractivity contribution < 1.29 is 0 Å². The van der Waals surface area contributed by atoms with Crippen molar-refractivity contribution in [2.75, 3.05) is 11.4 Å². The average molecular weight is 310 g/mol. The maximum absolute atomic E-state index is 7.50. The van der Waals surface area contributed by atoms with E-state index in [9.17, 15) is 0 Å². The molecular formula is C14H20BrN3. The number of amidine groups is 1. The second-order valence-corrected chi connectivity index (χ2v) is 5.82. The Morgan fingerprint density at radius 2 is 2.17 bits per heavy atom. The van der Waals surface area contributed by atoms with Crippen molar-refractivity contribution in [3.8, 4) is 0 Å². The molecule has 2 rings (SSSR count). The molecule has 3 nitrogen and oxygen atoms in total. The third-order valence-corrected chi connectivity index (χ3v) is 4.28. The monoisotopic (exact) mass is 309 g/mol. The minimum atomic E-state index is 0.109. The Morgan fingerprint density at radius 1 is 1.39 bits per heavy atom. The molecule has 1 aromatic carbocycles. The van der Waals surface area contributed by atoms with Crippen LogP contribution in [-0.2, 0) is 0 Å². The third kappa shape index (κ3) is 2.86. The van der Waals surface area contributed by atoms with Gasteiger partial charge >= 0.3 is 0 Å². The number of nitrogen functional groups attached to an aromatic ring is 1. The van der Waals surface area contributed by atoms with Crippen molar-refractivity contribution in [2.45, 2.75) is 38.6 Å². The number of nitrogens with zero attached hydrogens (tertiary/aromatic N) is 1. The van der Waals surface area contributed by atoms with Crippen LogP contribution in [-0.4, -0.2) is 18.4 Å². The normalized spacial score (nSPS) is 20.6. The zero-order chi connectivity index (χ0) is 13.1. The smallest absolute Gasteiger partial charge is 0.123 e. The van der Waals surface area contributed by atoms with Gasteiger partial charge in [0.25, 0.3) is 0 Å². The van der Waals surface area contributed by atoms with Gasteiger partial charge < -0.3 is 10.6 Å². The molecule has 1 aliphatic rings. The van der Waals surface area contributed by atoms with Crippen LogP contribution in [0.3, 0.4) is 0 Å². The lowest BCUT2D eigenvalue weighted by molar-refractivity contribution is 0.616. The number of benzene rings is 1. The van der Waals surface area contributed by atoms with Crippen LogP contribution in [0.15, 0.2) is 22.7 Å². The SMILES string of the molecule is CC1CCCCCN1c1ccc(C(=N)N)c(Br)c1. The lowest BCUT2D eigenvalue weighted by atomic mass is 10.1. The van der Waals surface area contributed by atoms with Crippen LogP contribution < -0.4 is 10.6 Å². The maximum atomic E-state index is 7.50. The molecule has 1 fully saturated rings. The Bertz CT molecular complexity index is 445. The van der Waals surface area contributed by atoms with Crippen molar-refractivity contribution in [1.82, 2.24) is 0 Å². The molecule has 0 spiro atoms. The molecule has 1 aliphatic heterocycles. The zero-order valence-electron chi connectivity index (χ0n) is 10.7. The van der Waals surface area contributed by atoms with Crippen LogP contribution in [0.1, 0.15) is 38.2 Å². The predicted molar refractivity (Wildman–Crippen MR) is 80.4 cm³/mol. The highest BCUT2D eigenvalue weighted by molar-refractivity contribution is 9.10. The summed E-state index contributed by atoms with van der Waals surface area (Å²) in [7, 11) is 0. The van der Waals surface area contributed by atoms with Gasteiger partial charge in [0, 0.05) is 28.3 Å². The quantitative estimate of drug-likeness (QED) is 0.649. The molecule has 0 aliphatic carbocycles. The van der Waals surface area contributed by atoms with Crippen LogP contribution >= 0.6 is 15.9 Å². The van der Waals surface area contributed by atoms with E-state index in [1.165, 1.54) is 31.4 Å². The summed E-state index contributed by atoms with van der Waals surface area (Å²) in [4.78, 5) is 2.46. The fourth-order valence-electron chi connectivity index (χ4n) is 2.56. The standard InChI is InChI=1S/C14H20BrN3/c1-10-5-3-2-4-8-18(10)11-6-7-12(14(16)17)13(15)9-11/h6-7,9-10H,2-5,8H2,1H3,(H3,16,17). The van der Waals surface area contributed by atoms with E-state index in [-0.39, 0.29) is 5.84 Å². The van der Waals surface area contributed by atoms with E-state index in [1.807, 2.05) is 6.07 Å². The van der Waals surface area contributed by atoms with Gasteiger partial charge in [0.1, 0.15) is 5.84 Å². The van der Waals surface area contributed by atoms with Gasteiger partial charge in [-0.2, -0.15) is 0 Å². The summed E-state index contributed by atoms with van der Waals surface area (Å²) in [6, 6.07) is 6.67. The Hall–Kier alpha value is -1.03. The molecule has 0 bridgehead atoms. The maximum Gasteiger partial charge on any atom is 0.123 e. The van der Waals surface area contributed by atoms with Crippen LogP contribution in [0.25, 0.3) is 0 Å². The Kier molecular flexibility index (Phi) is 4.27. The summed E-state index contributed by atoms with van der Waals surface area (Å²) in [5.41, 5.74) is 7.52. The number of hydrogen-bond donors (Lipinski definition) is 2. The molecule has 4 heteroatoms. The molecular weight excluding hydrogens is 290 g/mol. The van der Waals surface area contributed by atoms with Crippen LogP contribution in [0.4, 0.5) is 5.69 Å². The third-order valence-electron chi connectivity index (χ3n) is 3.63. The first-order valence-electron chi connectivity index (χ1n) is 6.50. The fraction of sp³-hybridized carbons (Fsp3) is 0.500. The second kappa shape index (κ2) is 5.74. The number of anilines is 1. The van der Waals surface area contributed by atoms with Gasteiger partial charge in [0.2, 0.25) is 0 Å². The summed E-state index contributed by atoms with van der Waals surface area (Å²) in [6.07, 6.45) is 5.17. The molecule has 98 valence electrons. The molecule has 18 heavy (non-hydrogen) atoms. The number of nitrogens with two attached hydrogens (primary N) is 1. The van der Waals surface area contributed by atoms with E-state index in [4.69, 9.17) is 11.1 Å². The zero-order valence-corrected chi connectivity index (χ0v) is 12.3. The molecule has 1 heterocycles. The highest BCUT2D eigenvalue weighted by Gasteiger charge is 2.18. The first-order chi connectivity index (χ1) is 8.59. The minimum Gasteiger partial charge on any atom is -0.384 e. The Balaban J connectivity index is 2.27. The highest BCUT2D eigenvalue weighted by atomic mass is 79.9. The van der Waals surface area contributed by atoms with Gasteiger partial charge in [-0.1, -0.05) is 12.8 Å². The first-order valence-corrected chi connectivity index (χ1v) is 7.29. The molecule has 3 N–H and O–H groups in total. The van der Waals surface area contributed by atoms with E-state index >= 15 is 0 Å². The Labute approximate surface area is 117 Å². The molecule has 1 atom stereocenters. The van der Waals surface area contributed by atoms with Gasteiger partial charge in [-0.15, -0.1) is 0 Å². The highest BCUT2D eigenvalue weighted by Crippen LogP contribution is 2.28. The van der Waals surface area contributed by atoms with E-state index in [0.29, 0.717) is 6.04 Å². The molecule has 0 aromatic heterocycles. The lowest BCUT2D eigenvalue weighted by Gasteiger charge is -2.29. The first kappa shape index (κ1) is 13.4. The van der Waals surface area contributed by atoms with E-state index in [1.54, 1.807) is 0 Å². The van der Waals surface area contributed by atoms with E-state index < -0.39 is 0 Å².